The molecule has 28 heavy (non-hydrogen) atoms. The predicted molar refractivity (Wildman–Crippen MR) is 108 cm³/mol. The Hall–Kier alpha value is -2.15. The van der Waals surface area contributed by atoms with E-state index in [9.17, 15) is 14.0 Å². The van der Waals surface area contributed by atoms with Gasteiger partial charge in [-0.2, -0.15) is 0 Å². The van der Waals surface area contributed by atoms with Crippen molar-refractivity contribution in [3.63, 3.8) is 0 Å². The minimum absolute atomic E-state index is 0.0817. The number of nitrogens with one attached hydrogen (secondary N) is 2. The number of benzene rings is 1. The first-order valence-electron chi connectivity index (χ1n) is 10.2. The van der Waals surface area contributed by atoms with E-state index in [1.165, 1.54) is 12.1 Å². The number of likely N-dealkylation sites (N-methyl/N-ethyl adjacent to an activating group) is 1. The fraction of sp³-hybridized carbons (Fsp3) is 0.619. The van der Waals surface area contributed by atoms with E-state index >= 15 is 0 Å². The van der Waals surface area contributed by atoms with Crippen LogP contribution in [0, 0.1) is 11.7 Å². The molecule has 1 saturated heterocycles. The molecule has 1 saturated carbocycles. The molecule has 154 valence electrons. The van der Waals surface area contributed by atoms with Gasteiger partial charge < -0.3 is 20.4 Å². The smallest absolute Gasteiger partial charge is 0.223 e. The molecule has 2 N–H and O–H groups in total. The van der Waals surface area contributed by atoms with Gasteiger partial charge >= 0.3 is 0 Å². The molecule has 1 heterocycles. The van der Waals surface area contributed by atoms with E-state index in [1.807, 2.05) is 13.0 Å². The lowest BCUT2D eigenvalue weighted by atomic mass is 10.0. The molecule has 1 aliphatic carbocycles. The molecule has 6 nitrogen and oxygen atoms in total. The van der Waals surface area contributed by atoms with Crippen molar-refractivity contribution in [1.82, 2.24) is 15.5 Å². The summed E-state index contributed by atoms with van der Waals surface area (Å²) in [6, 6.07) is 4.54. The normalized spacial score (nSPS) is 18.6. The first-order chi connectivity index (χ1) is 13.4. The molecule has 3 rings (SSSR count). The Balaban J connectivity index is 1.52. The summed E-state index contributed by atoms with van der Waals surface area (Å²) >= 11 is 0. The highest BCUT2D eigenvalue weighted by molar-refractivity contribution is 5.81. The third-order valence-corrected chi connectivity index (χ3v) is 5.51. The number of rotatable bonds is 8. The second kappa shape index (κ2) is 9.37. The summed E-state index contributed by atoms with van der Waals surface area (Å²) in [6.07, 6.45) is 2.90. The van der Waals surface area contributed by atoms with Gasteiger partial charge in [0.2, 0.25) is 11.8 Å². The van der Waals surface area contributed by atoms with Crippen LogP contribution in [0.1, 0.15) is 44.2 Å². The molecule has 1 unspecified atom stereocenters. The Bertz CT molecular complexity index is 700. The van der Waals surface area contributed by atoms with Crippen molar-refractivity contribution in [3.8, 4) is 0 Å². The van der Waals surface area contributed by atoms with Crippen molar-refractivity contribution in [2.45, 2.75) is 38.6 Å². The van der Waals surface area contributed by atoms with Crippen LogP contribution in [0.4, 0.5) is 10.1 Å². The summed E-state index contributed by atoms with van der Waals surface area (Å²) in [5, 5.41) is 5.85. The van der Waals surface area contributed by atoms with Crippen LogP contribution in [0.25, 0.3) is 0 Å². The third kappa shape index (κ3) is 5.67. The lowest BCUT2D eigenvalue weighted by Crippen LogP contribution is -2.45. The molecule has 1 aromatic rings. The van der Waals surface area contributed by atoms with Crippen LogP contribution >= 0.6 is 0 Å². The zero-order chi connectivity index (χ0) is 20.1. The van der Waals surface area contributed by atoms with Crippen molar-refractivity contribution in [2.24, 2.45) is 5.92 Å². The molecule has 2 amide bonds. The van der Waals surface area contributed by atoms with Crippen LogP contribution in [0.2, 0.25) is 0 Å². The maximum Gasteiger partial charge on any atom is 0.223 e. The van der Waals surface area contributed by atoms with Crippen molar-refractivity contribution in [2.75, 3.05) is 44.7 Å². The summed E-state index contributed by atoms with van der Waals surface area (Å²) in [6.45, 7) is 6.10. The monoisotopic (exact) mass is 390 g/mol. The number of carbonyl (C=O) groups excluding carboxylic acids is 2. The van der Waals surface area contributed by atoms with Crippen LogP contribution in [-0.4, -0.2) is 56.5 Å². The van der Waals surface area contributed by atoms with Crippen molar-refractivity contribution in [1.29, 1.82) is 0 Å². The minimum Gasteiger partial charge on any atom is -0.369 e. The molecule has 1 atom stereocenters. The standard InChI is InChI=1S/C21H31FN4O2/c1-15(24-20(27)4-3-9-23-21(28)16-5-6-16)18-14-17(22)7-8-19(18)26-12-10-25(2)11-13-26/h7-8,14-16H,3-6,9-13H2,1-2H3,(H,23,28)(H,24,27). The lowest BCUT2D eigenvalue weighted by molar-refractivity contribution is -0.123. The van der Waals surface area contributed by atoms with Gasteiger partial charge in [-0.1, -0.05) is 0 Å². The van der Waals surface area contributed by atoms with E-state index in [0.29, 0.717) is 19.4 Å². The van der Waals surface area contributed by atoms with Gasteiger partial charge in [0.15, 0.2) is 0 Å². The van der Waals surface area contributed by atoms with E-state index in [2.05, 4.69) is 27.5 Å². The van der Waals surface area contributed by atoms with Crippen LogP contribution in [-0.2, 0) is 9.59 Å². The molecular formula is C21H31FN4O2. The quantitative estimate of drug-likeness (QED) is 0.667. The Morgan fingerprint density at radius 1 is 1.21 bits per heavy atom. The number of nitrogens with zero attached hydrogens (tertiary/aromatic N) is 2. The number of halogens is 1. The van der Waals surface area contributed by atoms with E-state index in [0.717, 1.165) is 50.3 Å². The van der Waals surface area contributed by atoms with Crippen molar-refractivity contribution < 1.29 is 14.0 Å². The first-order valence-corrected chi connectivity index (χ1v) is 10.2. The van der Waals surface area contributed by atoms with Gasteiger partial charge in [-0.05, 0) is 51.4 Å². The summed E-state index contributed by atoms with van der Waals surface area (Å²) in [5.41, 5.74) is 1.79. The van der Waals surface area contributed by atoms with Gasteiger partial charge in [0.25, 0.3) is 0 Å². The summed E-state index contributed by atoms with van der Waals surface area (Å²) in [4.78, 5) is 28.4. The number of amides is 2. The number of hydrogen-bond donors (Lipinski definition) is 2. The molecule has 0 spiro atoms. The second-order valence-electron chi connectivity index (χ2n) is 7.95. The molecule has 2 aliphatic rings. The lowest BCUT2D eigenvalue weighted by Gasteiger charge is -2.36. The summed E-state index contributed by atoms with van der Waals surface area (Å²) < 4.78 is 13.9. The highest BCUT2D eigenvalue weighted by atomic mass is 19.1. The van der Waals surface area contributed by atoms with E-state index < -0.39 is 0 Å². The van der Waals surface area contributed by atoms with Gasteiger partial charge in [-0.25, -0.2) is 4.39 Å². The van der Waals surface area contributed by atoms with E-state index in [-0.39, 0.29) is 29.6 Å². The SMILES string of the molecule is CC(NC(=O)CCCNC(=O)C1CC1)c1cc(F)ccc1N1CCN(C)CC1. The molecule has 0 radical (unpaired) electrons. The van der Waals surface area contributed by atoms with Crippen molar-refractivity contribution in [3.05, 3.63) is 29.6 Å². The van der Waals surface area contributed by atoms with Gasteiger partial charge in [-0.3, -0.25) is 9.59 Å². The molecule has 2 fully saturated rings. The van der Waals surface area contributed by atoms with Crippen molar-refractivity contribution >= 4 is 17.5 Å². The molecular weight excluding hydrogens is 359 g/mol. The molecule has 7 heteroatoms. The topological polar surface area (TPSA) is 64.7 Å². The van der Waals surface area contributed by atoms with Crippen LogP contribution in [0.3, 0.4) is 0 Å². The maximum atomic E-state index is 13.9. The Morgan fingerprint density at radius 2 is 1.93 bits per heavy atom. The Kier molecular flexibility index (Phi) is 6.88. The highest BCUT2D eigenvalue weighted by Crippen LogP contribution is 2.29. The third-order valence-electron chi connectivity index (χ3n) is 5.51. The van der Waals surface area contributed by atoms with E-state index in [1.54, 1.807) is 0 Å². The Labute approximate surface area is 166 Å². The molecule has 1 aliphatic heterocycles. The number of hydrogen-bond acceptors (Lipinski definition) is 4. The van der Waals surface area contributed by atoms with E-state index in [4.69, 9.17) is 0 Å². The summed E-state index contributed by atoms with van der Waals surface area (Å²) in [7, 11) is 2.10. The number of anilines is 1. The largest absolute Gasteiger partial charge is 0.369 e. The predicted octanol–water partition coefficient (Wildman–Crippen LogP) is 2.06. The minimum atomic E-state index is -0.295. The van der Waals surface area contributed by atoms with Crippen LogP contribution in [0.15, 0.2) is 18.2 Å². The number of carbonyl (C=O) groups is 2. The molecule has 0 aromatic heterocycles. The highest BCUT2D eigenvalue weighted by Gasteiger charge is 2.29. The van der Waals surface area contributed by atoms with Gasteiger partial charge in [0.1, 0.15) is 5.82 Å². The zero-order valence-electron chi connectivity index (χ0n) is 16.8. The fourth-order valence-corrected chi connectivity index (χ4v) is 3.55. The molecule has 0 bridgehead atoms. The summed E-state index contributed by atoms with van der Waals surface area (Å²) in [5.74, 6) is -0.0845. The van der Waals surface area contributed by atoms with Gasteiger partial charge in [0.05, 0.1) is 6.04 Å². The van der Waals surface area contributed by atoms with Crippen LogP contribution in [0.5, 0.6) is 0 Å². The average molecular weight is 391 g/mol. The fourth-order valence-electron chi connectivity index (χ4n) is 3.55. The average Bonchev–Trinajstić information content (AvgIpc) is 3.51. The first kappa shape index (κ1) is 20.6. The maximum absolute atomic E-state index is 13.9. The van der Waals surface area contributed by atoms with Gasteiger partial charge in [-0.15, -0.1) is 0 Å². The zero-order valence-corrected chi connectivity index (χ0v) is 16.8. The molecule has 1 aromatic carbocycles. The number of piperazine rings is 1. The van der Waals surface area contributed by atoms with Crippen LogP contribution < -0.4 is 15.5 Å². The second-order valence-corrected chi connectivity index (χ2v) is 7.95. The Morgan fingerprint density at radius 3 is 2.61 bits per heavy atom. The van der Waals surface area contributed by atoms with Gasteiger partial charge in [0, 0.05) is 56.3 Å².